The fraction of sp³-hybridized carbons (Fsp3) is 0.400. The van der Waals surface area contributed by atoms with Crippen LogP contribution in [0.2, 0.25) is 0 Å². The summed E-state index contributed by atoms with van der Waals surface area (Å²) < 4.78 is 42.6. The van der Waals surface area contributed by atoms with Gasteiger partial charge in [0.2, 0.25) is 0 Å². The molecule has 0 aliphatic heterocycles. The molecule has 2 N–H and O–H groups in total. The van der Waals surface area contributed by atoms with Crippen molar-refractivity contribution < 1.29 is 22.7 Å². The maximum absolute atomic E-state index is 12.3. The summed E-state index contributed by atoms with van der Waals surface area (Å²) in [5.74, 6) is 0.891. The SMILES string of the molecule is CN=C(NCC(O)C(F)(F)F)N(C)Cc1cc2ccccc2o1. The quantitative estimate of drug-likeness (QED) is 0.668. The molecule has 1 heterocycles. The average molecular weight is 329 g/mol. The van der Waals surface area contributed by atoms with Gasteiger partial charge in [0.25, 0.3) is 0 Å². The lowest BCUT2D eigenvalue weighted by Crippen LogP contribution is -2.45. The van der Waals surface area contributed by atoms with Crippen LogP contribution in [-0.4, -0.2) is 48.9 Å². The van der Waals surface area contributed by atoms with Crippen molar-refractivity contribution in [2.75, 3.05) is 20.6 Å². The fourth-order valence-corrected chi connectivity index (χ4v) is 2.11. The van der Waals surface area contributed by atoms with Gasteiger partial charge in [0, 0.05) is 19.5 Å². The Bertz CT molecular complexity index is 649. The van der Waals surface area contributed by atoms with E-state index < -0.39 is 18.8 Å². The number of para-hydroxylation sites is 1. The van der Waals surface area contributed by atoms with Crippen LogP contribution in [0, 0.1) is 0 Å². The number of aliphatic hydroxyl groups excluding tert-OH is 1. The standard InChI is InChI=1S/C15H18F3N3O2/c1-19-14(20-8-13(22)15(16,17)18)21(2)9-11-7-10-5-3-4-6-12(10)23-11/h3-7,13,22H,8-9H2,1-2H3,(H,19,20). The van der Waals surface area contributed by atoms with Gasteiger partial charge >= 0.3 is 6.18 Å². The number of aliphatic imine (C=N–C) groups is 1. The lowest BCUT2D eigenvalue weighted by molar-refractivity contribution is -0.201. The molecule has 0 aliphatic rings. The predicted molar refractivity (Wildman–Crippen MR) is 81.1 cm³/mol. The molecule has 0 spiro atoms. The van der Waals surface area contributed by atoms with Crippen LogP contribution in [-0.2, 0) is 6.54 Å². The van der Waals surface area contributed by atoms with E-state index in [2.05, 4.69) is 10.3 Å². The molecule has 0 saturated carbocycles. The molecule has 2 aromatic rings. The van der Waals surface area contributed by atoms with Gasteiger partial charge in [-0.15, -0.1) is 0 Å². The van der Waals surface area contributed by atoms with Crippen LogP contribution in [0.25, 0.3) is 11.0 Å². The monoisotopic (exact) mass is 329 g/mol. The summed E-state index contributed by atoms with van der Waals surface area (Å²) in [6.07, 6.45) is -7.11. The highest BCUT2D eigenvalue weighted by atomic mass is 19.4. The highest BCUT2D eigenvalue weighted by Gasteiger charge is 2.38. The van der Waals surface area contributed by atoms with E-state index in [9.17, 15) is 13.2 Å². The molecule has 0 bridgehead atoms. The van der Waals surface area contributed by atoms with E-state index in [0.29, 0.717) is 12.3 Å². The third-order valence-electron chi connectivity index (χ3n) is 3.27. The minimum Gasteiger partial charge on any atom is -0.459 e. The normalized spacial score (nSPS) is 14.1. The van der Waals surface area contributed by atoms with E-state index in [0.717, 1.165) is 11.0 Å². The first kappa shape index (κ1) is 17.1. The number of aliphatic hydroxyl groups is 1. The molecule has 8 heteroatoms. The highest BCUT2D eigenvalue weighted by Crippen LogP contribution is 2.20. The van der Waals surface area contributed by atoms with Crippen molar-refractivity contribution in [3.63, 3.8) is 0 Å². The lowest BCUT2D eigenvalue weighted by Gasteiger charge is -2.23. The molecule has 1 aromatic carbocycles. The van der Waals surface area contributed by atoms with E-state index in [4.69, 9.17) is 9.52 Å². The molecule has 5 nitrogen and oxygen atoms in total. The summed E-state index contributed by atoms with van der Waals surface area (Å²) in [5.41, 5.74) is 0.742. The van der Waals surface area contributed by atoms with Crippen LogP contribution in [0.4, 0.5) is 13.2 Å². The second-order valence-corrected chi connectivity index (χ2v) is 5.09. The molecule has 2 rings (SSSR count). The van der Waals surface area contributed by atoms with Gasteiger partial charge in [0.1, 0.15) is 11.3 Å². The predicted octanol–water partition coefficient (Wildman–Crippen LogP) is 2.36. The molecule has 23 heavy (non-hydrogen) atoms. The summed E-state index contributed by atoms with van der Waals surface area (Å²) >= 11 is 0. The van der Waals surface area contributed by atoms with Crippen LogP contribution in [0.1, 0.15) is 5.76 Å². The van der Waals surface area contributed by atoms with Crippen molar-refractivity contribution in [2.45, 2.75) is 18.8 Å². The third kappa shape index (κ3) is 4.38. The third-order valence-corrected chi connectivity index (χ3v) is 3.27. The fourth-order valence-electron chi connectivity index (χ4n) is 2.11. The Morgan fingerprint density at radius 3 is 2.70 bits per heavy atom. The zero-order chi connectivity index (χ0) is 17.0. The summed E-state index contributed by atoms with van der Waals surface area (Å²) in [5, 5.41) is 12.5. The molecular weight excluding hydrogens is 311 g/mol. The number of hydrogen-bond donors (Lipinski definition) is 2. The van der Waals surface area contributed by atoms with Gasteiger partial charge in [-0.2, -0.15) is 13.2 Å². The van der Waals surface area contributed by atoms with Crippen LogP contribution >= 0.6 is 0 Å². The Kier molecular flexibility index (Phi) is 5.15. The zero-order valence-electron chi connectivity index (χ0n) is 12.8. The van der Waals surface area contributed by atoms with E-state index in [1.165, 1.54) is 7.05 Å². The number of nitrogens with zero attached hydrogens (tertiary/aromatic N) is 2. The van der Waals surface area contributed by atoms with E-state index in [1.54, 1.807) is 11.9 Å². The van der Waals surface area contributed by atoms with Gasteiger partial charge < -0.3 is 19.7 Å². The van der Waals surface area contributed by atoms with Crippen molar-refractivity contribution >= 4 is 16.9 Å². The van der Waals surface area contributed by atoms with Crippen LogP contribution < -0.4 is 5.32 Å². The Hall–Kier alpha value is -2.22. The molecule has 1 atom stereocenters. The number of rotatable bonds is 4. The first-order valence-corrected chi connectivity index (χ1v) is 6.95. The summed E-state index contributed by atoms with van der Waals surface area (Å²) in [6, 6.07) is 9.37. The second kappa shape index (κ2) is 6.91. The first-order valence-electron chi connectivity index (χ1n) is 6.95. The van der Waals surface area contributed by atoms with Gasteiger partial charge in [0.15, 0.2) is 12.1 Å². The van der Waals surface area contributed by atoms with Crippen LogP contribution in [0.3, 0.4) is 0 Å². The van der Waals surface area contributed by atoms with Crippen molar-refractivity contribution in [2.24, 2.45) is 4.99 Å². The van der Waals surface area contributed by atoms with Gasteiger partial charge in [-0.3, -0.25) is 4.99 Å². The van der Waals surface area contributed by atoms with Crippen molar-refractivity contribution in [3.05, 3.63) is 36.1 Å². The molecule has 0 aliphatic carbocycles. The van der Waals surface area contributed by atoms with Gasteiger partial charge in [-0.05, 0) is 12.1 Å². The molecular formula is C15H18F3N3O2. The number of guanidine groups is 1. The summed E-state index contributed by atoms with van der Waals surface area (Å²) in [6.45, 7) is -0.336. The van der Waals surface area contributed by atoms with E-state index in [1.807, 2.05) is 30.3 Å². The van der Waals surface area contributed by atoms with E-state index >= 15 is 0 Å². The van der Waals surface area contributed by atoms with Crippen LogP contribution in [0.15, 0.2) is 39.7 Å². The van der Waals surface area contributed by atoms with Gasteiger partial charge in [-0.1, -0.05) is 18.2 Å². The Labute approximate surface area is 131 Å². The average Bonchev–Trinajstić information content (AvgIpc) is 2.88. The number of benzene rings is 1. The minimum atomic E-state index is -4.66. The first-order chi connectivity index (χ1) is 10.8. The number of halogens is 3. The van der Waals surface area contributed by atoms with Gasteiger partial charge in [0.05, 0.1) is 13.1 Å². The second-order valence-electron chi connectivity index (χ2n) is 5.09. The number of alkyl halides is 3. The number of fused-ring (bicyclic) bond motifs is 1. The number of hydrogen-bond acceptors (Lipinski definition) is 3. The van der Waals surface area contributed by atoms with Crippen LogP contribution in [0.5, 0.6) is 0 Å². The number of furan rings is 1. The molecule has 0 amide bonds. The minimum absolute atomic E-state index is 0.230. The number of nitrogens with one attached hydrogen (secondary N) is 1. The Morgan fingerprint density at radius 1 is 1.39 bits per heavy atom. The Balaban J connectivity index is 1.98. The van der Waals surface area contributed by atoms with Crippen molar-refractivity contribution in [3.8, 4) is 0 Å². The smallest absolute Gasteiger partial charge is 0.416 e. The molecule has 1 unspecified atom stereocenters. The maximum Gasteiger partial charge on any atom is 0.416 e. The Morgan fingerprint density at radius 2 is 2.09 bits per heavy atom. The van der Waals surface area contributed by atoms with Gasteiger partial charge in [-0.25, -0.2) is 0 Å². The summed E-state index contributed by atoms with van der Waals surface area (Å²) in [7, 11) is 3.12. The topological polar surface area (TPSA) is 61.0 Å². The van der Waals surface area contributed by atoms with E-state index in [-0.39, 0.29) is 5.96 Å². The summed E-state index contributed by atoms with van der Waals surface area (Å²) in [4.78, 5) is 5.52. The van der Waals surface area contributed by atoms with Crippen molar-refractivity contribution in [1.29, 1.82) is 0 Å². The zero-order valence-corrected chi connectivity index (χ0v) is 12.8. The lowest BCUT2D eigenvalue weighted by atomic mass is 10.2. The molecule has 1 aromatic heterocycles. The molecule has 0 saturated heterocycles. The largest absolute Gasteiger partial charge is 0.459 e. The molecule has 0 fully saturated rings. The molecule has 0 radical (unpaired) electrons. The molecule has 126 valence electrons. The highest BCUT2D eigenvalue weighted by molar-refractivity contribution is 5.80. The van der Waals surface area contributed by atoms with Crippen molar-refractivity contribution in [1.82, 2.24) is 10.2 Å². The maximum atomic E-state index is 12.3.